The molecule has 24 heavy (non-hydrogen) atoms. The molecule has 1 aromatic heterocycles. The summed E-state index contributed by atoms with van der Waals surface area (Å²) < 4.78 is 28.5. The first-order valence-electron chi connectivity index (χ1n) is 7.92. The Balaban J connectivity index is 1.58. The van der Waals surface area contributed by atoms with E-state index >= 15 is 0 Å². The van der Waals surface area contributed by atoms with Gasteiger partial charge in [0.25, 0.3) is 0 Å². The van der Waals surface area contributed by atoms with Crippen LogP contribution in [-0.4, -0.2) is 37.4 Å². The van der Waals surface area contributed by atoms with Gasteiger partial charge in [-0.1, -0.05) is 18.2 Å². The van der Waals surface area contributed by atoms with Gasteiger partial charge >= 0.3 is 0 Å². The highest BCUT2D eigenvalue weighted by molar-refractivity contribution is 7.91. The average Bonchev–Trinajstić information content (AvgIpc) is 3.09. The summed E-state index contributed by atoms with van der Waals surface area (Å²) in [6, 6.07) is 9.51. The zero-order valence-corrected chi connectivity index (χ0v) is 14.3. The van der Waals surface area contributed by atoms with Crippen LogP contribution in [0.1, 0.15) is 17.9 Å². The zero-order valence-electron chi connectivity index (χ0n) is 13.5. The van der Waals surface area contributed by atoms with Crippen molar-refractivity contribution in [2.75, 3.05) is 18.1 Å². The molecular weight excluding hydrogens is 328 g/mol. The van der Waals surface area contributed by atoms with E-state index < -0.39 is 9.84 Å². The Labute approximate surface area is 141 Å². The molecule has 1 aliphatic heterocycles. The van der Waals surface area contributed by atoms with Crippen molar-refractivity contribution in [3.05, 3.63) is 41.8 Å². The van der Waals surface area contributed by atoms with Crippen LogP contribution in [0.3, 0.4) is 0 Å². The minimum Gasteiger partial charge on any atom is -0.441 e. The lowest BCUT2D eigenvalue weighted by atomic mass is 10.1. The Bertz CT molecular complexity index is 828. The molecule has 1 aromatic carbocycles. The molecule has 1 aliphatic rings. The Hall–Kier alpha value is -2.15. The first-order valence-corrected chi connectivity index (χ1v) is 9.74. The fourth-order valence-electron chi connectivity index (χ4n) is 2.80. The van der Waals surface area contributed by atoms with Gasteiger partial charge in [-0.05, 0) is 31.4 Å². The number of carbonyl (C=O) groups is 1. The van der Waals surface area contributed by atoms with E-state index in [-0.39, 0.29) is 29.8 Å². The molecule has 0 bridgehead atoms. The third kappa shape index (κ3) is 4.03. The molecule has 3 rings (SSSR count). The summed E-state index contributed by atoms with van der Waals surface area (Å²) in [5.74, 6) is 1.34. The van der Waals surface area contributed by atoms with Crippen molar-refractivity contribution >= 4 is 15.7 Å². The van der Waals surface area contributed by atoms with Crippen LogP contribution in [0.2, 0.25) is 0 Å². The van der Waals surface area contributed by atoms with E-state index in [2.05, 4.69) is 10.3 Å². The number of carbonyl (C=O) groups excluding carboxylic acids is 1. The maximum atomic E-state index is 12.1. The molecule has 1 saturated heterocycles. The Morgan fingerprint density at radius 1 is 1.33 bits per heavy atom. The molecule has 0 unspecified atom stereocenters. The highest BCUT2D eigenvalue weighted by Crippen LogP contribution is 2.22. The summed E-state index contributed by atoms with van der Waals surface area (Å²) in [7, 11) is -2.91. The molecule has 7 heteroatoms. The van der Waals surface area contributed by atoms with Gasteiger partial charge in [0.15, 0.2) is 9.84 Å². The maximum Gasteiger partial charge on any atom is 0.226 e. The number of oxazole rings is 1. The maximum absolute atomic E-state index is 12.1. The standard InChI is InChI=1S/C17H20N2O4S/c1-12-15(19-17(23-12)14-5-3-2-4-6-14)9-16(20)18-10-13-7-8-24(21,22)11-13/h2-6,13H,7-11H2,1H3,(H,18,20)/t13-/m0/s1. The summed E-state index contributed by atoms with van der Waals surface area (Å²) >= 11 is 0. The number of nitrogens with zero attached hydrogens (tertiary/aromatic N) is 1. The molecule has 0 radical (unpaired) electrons. The number of nitrogens with one attached hydrogen (secondary N) is 1. The third-order valence-electron chi connectivity index (χ3n) is 4.16. The van der Waals surface area contributed by atoms with Crippen LogP contribution in [0.4, 0.5) is 0 Å². The molecule has 0 saturated carbocycles. The topological polar surface area (TPSA) is 89.3 Å². The van der Waals surface area contributed by atoms with E-state index in [1.165, 1.54) is 0 Å². The molecule has 0 aliphatic carbocycles. The number of hydrogen-bond donors (Lipinski definition) is 1. The van der Waals surface area contributed by atoms with Crippen LogP contribution in [0.5, 0.6) is 0 Å². The number of aromatic nitrogens is 1. The summed E-state index contributed by atoms with van der Waals surface area (Å²) in [5, 5.41) is 2.80. The molecule has 2 aromatic rings. The summed E-state index contributed by atoms with van der Waals surface area (Å²) in [4.78, 5) is 16.5. The summed E-state index contributed by atoms with van der Waals surface area (Å²) in [5.41, 5.74) is 1.47. The van der Waals surface area contributed by atoms with E-state index in [0.717, 1.165) is 5.56 Å². The lowest BCUT2D eigenvalue weighted by Gasteiger charge is -2.08. The highest BCUT2D eigenvalue weighted by Gasteiger charge is 2.28. The zero-order chi connectivity index (χ0) is 17.2. The first-order chi connectivity index (χ1) is 11.4. The number of aryl methyl sites for hydroxylation is 1. The molecule has 0 spiro atoms. The average molecular weight is 348 g/mol. The van der Waals surface area contributed by atoms with E-state index in [1.54, 1.807) is 6.92 Å². The lowest BCUT2D eigenvalue weighted by molar-refractivity contribution is -0.120. The largest absolute Gasteiger partial charge is 0.441 e. The highest BCUT2D eigenvalue weighted by atomic mass is 32.2. The van der Waals surface area contributed by atoms with Gasteiger partial charge in [-0.2, -0.15) is 0 Å². The van der Waals surface area contributed by atoms with Gasteiger partial charge in [-0.25, -0.2) is 13.4 Å². The fraction of sp³-hybridized carbons (Fsp3) is 0.412. The number of amides is 1. The van der Waals surface area contributed by atoms with Crippen molar-refractivity contribution in [3.63, 3.8) is 0 Å². The molecule has 1 amide bonds. The van der Waals surface area contributed by atoms with Crippen LogP contribution < -0.4 is 5.32 Å². The SMILES string of the molecule is Cc1oc(-c2ccccc2)nc1CC(=O)NC[C@@H]1CCS(=O)(=O)C1. The Kier molecular flexibility index (Phi) is 4.71. The number of rotatable bonds is 5. The molecule has 128 valence electrons. The van der Waals surface area contributed by atoms with Gasteiger partial charge in [0.05, 0.1) is 23.6 Å². The fourth-order valence-corrected chi connectivity index (χ4v) is 4.66. The monoisotopic (exact) mass is 348 g/mol. The summed E-state index contributed by atoms with van der Waals surface area (Å²) in [6.07, 6.45) is 0.741. The van der Waals surface area contributed by atoms with E-state index in [1.807, 2.05) is 30.3 Å². The van der Waals surface area contributed by atoms with Crippen LogP contribution in [0, 0.1) is 12.8 Å². The molecule has 6 nitrogen and oxygen atoms in total. The van der Waals surface area contributed by atoms with Gasteiger partial charge in [0.1, 0.15) is 5.76 Å². The second-order valence-electron chi connectivity index (χ2n) is 6.14. The number of sulfone groups is 1. The molecular formula is C17H20N2O4S. The van der Waals surface area contributed by atoms with Gasteiger partial charge < -0.3 is 9.73 Å². The van der Waals surface area contributed by atoms with Crippen molar-refractivity contribution in [1.29, 1.82) is 0 Å². The van der Waals surface area contributed by atoms with E-state index in [9.17, 15) is 13.2 Å². The molecule has 1 N–H and O–H groups in total. The van der Waals surface area contributed by atoms with Crippen molar-refractivity contribution in [2.24, 2.45) is 5.92 Å². The minimum absolute atomic E-state index is 0.0113. The normalized spacial score (nSPS) is 19.3. The van der Waals surface area contributed by atoms with Gasteiger partial charge in [-0.15, -0.1) is 0 Å². The van der Waals surface area contributed by atoms with Crippen molar-refractivity contribution < 1.29 is 17.6 Å². The van der Waals surface area contributed by atoms with Crippen molar-refractivity contribution in [2.45, 2.75) is 19.8 Å². The van der Waals surface area contributed by atoms with Crippen LogP contribution >= 0.6 is 0 Å². The molecule has 1 fully saturated rings. The predicted molar refractivity (Wildman–Crippen MR) is 90.2 cm³/mol. The second kappa shape index (κ2) is 6.76. The lowest BCUT2D eigenvalue weighted by Crippen LogP contribution is -2.31. The smallest absolute Gasteiger partial charge is 0.226 e. The first kappa shape index (κ1) is 16.7. The van der Waals surface area contributed by atoms with Gasteiger partial charge in [0, 0.05) is 12.1 Å². The van der Waals surface area contributed by atoms with Crippen LogP contribution in [-0.2, 0) is 21.1 Å². The van der Waals surface area contributed by atoms with Crippen LogP contribution in [0.25, 0.3) is 11.5 Å². The van der Waals surface area contributed by atoms with Crippen molar-refractivity contribution in [1.82, 2.24) is 10.3 Å². The predicted octanol–water partition coefficient (Wildman–Crippen LogP) is 1.74. The second-order valence-corrected chi connectivity index (χ2v) is 8.37. The van der Waals surface area contributed by atoms with Gasteiger partial charge in [-0.3, -0.25) is 4.79 Å². The summed E-state index contributed by atoms with van der Waals surface area (Å²) in [6.45, 7) is 2.17. The van der Waals surface area contributed by atoms with Crippen molar-refractivity contribution in [3.8, 4) is 11.5 Å². The van der Waals surface area contributed by atoms with Gasteiger partial charge in [0.2, 0.25) is 11.8 Å². The minimum atomic E-state index is -2.91. The molecule has 2 heterocycles. The molecule has 1 atom stereocenters. The number of hydrogen-bond acceptors (Lipinski definition) is 5. The Morgan fingerprint density at radius 2 is 2.08 bits per heavy atom. The van der Waals surface area contributed by atoms with E-state index in [0.29, 0.717) is 30.3 Å². The Morgan fingerprint density at radius 3 is 2.75 bits per heavy atom. The van der Waals surface area contributed by atoms with Crippen LogP contribution in [0.15, 0.2) is 34.7 Å². The quantitative estimate of drug-likeness (QED) is 0.889. The number of benzene rings is 1. The third-order valence-corrected chi connectivity index (χ3v) is 5.99. The van der Waals surface area contributed by atoms with E-state index in [4.69, 9.17) is 4.42 Å².